The second kappa shape index (κ2) is 15.4. The molecule has 0 bridgehead atoms. The van der Waals surface area contributed by atoms with Crippen LogP contribution in [0.15, 0.2) is 218 Å². The Morgan fingerprint density at radius 2 is 0.517 bits per heavy atom. The maximum absolute atomic E-state index is 5.06. The number of hydrogen-bond acceptors (Lipinski definition) is 4. The predicted molar refractivity (Wildman–Crippen MR) is 239 cm³/mol. The molecular weight excluding hydrogens is 705 g/mol. The van der Waals surface area contributed by atoms with E-state index in [9.17, 15) is 0 Å². The molecule has 4 heteroatoms. The molecule has 0 fully saturated rings. The minimum atomic E-state index is 0.695. The highest BCUT2D eigenvalue weighted by molar-refractivity contribution is 6.06. The molecular formula is C54H36N4. The van der Waals surface area contributed by atoms with Gasteiger partial charge < -0.3 is 0 Å². The lowest BCUT2D eigenvalue weighted by molar-refractivity contribution is 1.18. The van der Waals surface area contributed by atoms with Gasteiger partial charge in [0.25, 0.3) is 0 Å². The van der Waals surface area contributed by atoms with Crippen LogP contribution in [0.2, 0.25) is 0 Å². The van der Waals surface area contributed by atoms with Gasteiger partial charge in [-0.05, 0) is 45.2 Å². The molecule has 2 heterocycles. The molecule has 0 atom stereocenters. The van der Waals surface area contributed by atoms with Crippen molar-refractivity contribution in [3.63, 3.8) is 0 Å². The Morgan fingerprint density at radius 1 is 0.224 bits per heavy atom. The van der Waals surface area contributed by atoms with Gasteiger partial charge in [-0.2, -0.15) is 0 Å². The Hall–Kier alpha value is -7.82. The summed E-state index contributed by atoms with van der Waals surface area (Å²) in [6.07, 6.45) is 0. The van der Waals surface area contributed by atoms with Gasteiger partial charge in [-0.25, -0.2) is 19.9 Å². The largest absolute Gasteiger partial charge is 0.228 e. The van der Waals surface area contributed by atoms with Crippen LogP contribution in [0.5, 0.6) is 0 Å². The van der Waals surface area contributed by atoms with Crippen LogP contribution in [-0.4, -0.2) is 19.9 Å². The van der Waals surface area contributed by atoms with E-state index in [-0.39, 0.29) is 0 Å². The standard InChI is InChI=1S/C54H36N4/c1-5-15-39(16-6-1)48-35-49(40-17-7-2-8-18-40)57-54(56-48)45-33-29-38(30-34-45)47-26-14-24-43-23-13-25-46(52(43)47)37-27-31-42(32-28-37)51-36-50(41-19-9-3-10-20-41)55-53(58-51)44-21-11-4-12-22-44/h1-36H. The van der Waals surface area contributed by atoms with E-state index in [1.54, 1.807) is 0 Å². The molecule has 0 aliphatic heterocycles. The van der Waals surface area contributed by atoms with Gasteiger partial charge in [0.1, 0.15) is 0 Å². The first-order valence-corrected chi connectivity index (χ1v) is 19.5. The normalized spacial score (nSPS) is 11.1. The number of rotatable bonds is 8. The first-order chi connectivity index (χ1) is 28.7. The molecule has 0 aliphatic rings. The van der Waals surface area contributed by atoms with Gasteiger partial charge in [-0.3, -0.25) is 0 Å². The third kappa shape index (κ3) is 6.95. The zero-order chi connectivity index (χ0) is 38.7. The number of benzene rings is 8. The van der Waals surface area contributed by atoms with Gasteiger partial charge in [0, 0.05) is 33.4 Å². The van der Waals surface area contributed by atoms with Crippen LogP contribution >= 0.6 is 0 Å². The lowest BCUT2D eigenvalue weighted by Crippen LogP contribution is -1.96. The summed E-state index contributed by atoms with van der Waals surface area (Å²) >= 11 is 0. The molecule has 0 amide bonds. The topological polar surface area (TPSA) is 51.6 Å². The summed E-state index contributed by atoms with van der Waals surface area (Å²) in [6, 6.07) is 75.7. The Morgan fingerprint density at radius 3 is 0.897 bits per heavy atom. The lowest BCUT2D eigenvalue weighted by atomic mass is 9.91. The van der Waals surface area contributed by atoms with Crippen LogP contribution in [0.4, 0.5) is 0 Å². The van der Waals surface area contributed by atoms with Crippen molar-refractivity contribution in [2.24, 2.45) is 0 Å². The Labute approximate surface area is 337 Å². The molecule has 0 radical (unpaired) electrons. The van der Waals surface area contributed by atoms with Crippen molar-refractivity contribution in [3.8, 4) is 90.1 Å². The van der Waals surface area contributed by atoms with Crippen molar-refractivity contribution in [2.75, 3.05) is 0 Å². The predicted octanol–water partition coefficient (Wildman–Crippen LogP) is 13.8. The van der Waals surface area contributed by atoms with E-state index in [2.05, 4.69) is 146 Å². The van der Waals surface area contributed by atoms with Crippen LogP contribution in [0.1, 0.15) is 0 Å². The quantitative estimate of drug-likeness (QED) is 0.156. The second-order valence-electron chi connectivity index (χ2n) is 14.3. The summed E-state index contributed by atoms with van der Waals surface area (Å²) < 4.78 is 0. The molecule has 10 aromatic rings. The minimum Gasteiger partial charge on any atom is -0.228 e. The summed E-state index contributed by atoms with van der Waals surface area (Å²) in [5, 5.41) is 2.39. The van der Waals surface area contributed by atoms with Crippen molar-refractivity contribution in [2.45, 2.75) is 0 Å². The van der Waals surface area contributed by atoms with Gasteiger partial charge >= 0.3 is 0 Å². The maximum Gasteiger partial charge on any atom is 0.160 e. The molecule has 0 aliphatic carbocycles. The Kier molecular flexibility index (Phi) is 9.18. The molecule has 8 aromatic carbocycles. The van der Waals surface area contributed by atoms with Crippen LogP contribution in [0, 0.1) is 0 Å². The minimum absolute atomic E-state index is 0.695. The summed E-state index contributed by atoms with van der Waals surface area (Å²) in [5.41, 5.74) is 14.3. The van der Waals surface area contributed by atoms with Crippen molar-refractivity contribution in [3.05, 3.63) is 218 Å². The van der Waals surface area contributed by atoms with Gasteiger partial charge in [-0.15, -0.1) is 0 Å². The van der Waals surface area contributed by atoms with Crippen LogP contribution in [-0.2, 0) is 0 Å². The first-order valence-electron chi connectivity index (χ1n) is 19.5. The molecule has 0 unspecified atom stereocenters. The lowest BCUT2D eigenvalue weighted by Gasteiger charge is -2.14. The summed E-state index contributed by atoms with van der Waals surface area (Å²) in [5.74, 6) is 1.40. The van der Waals surface area contributed by atoms with Crippen molar-refractivity contribution < 1.29 is 0 Å². The molecule has 0 saturated carbocycles. The van der Waals surface area contributed by atoms with Gasteiger partial charge in [0.2, 0.25) is 0 Å². The van der Waals surface area contributed by atoms with Gasteiger partial charge in [-0.1, -0.05) is 206 Å². The van der Waals surface area contributed by atoms with E-state index in [0.717, 1.165) is 67.3 Å². The van der Waals surface area contributed by atoms with Gasteiger partial charge in [0.15, 0.2) is 11.6 Å². The highest BCUT2D eigenvalue weighted by Crippen LogP contribution is 2.38. The summed E-state index contributed by atoms with van der Waals surface area (Å²) in [7, 11) is 0. The van der Waals surface area contributed by atoms with Crippen LogP contribution < -0.4 is 0 Å². The van der Waals surface area contributed by atoms with Crippen molar-refractivity contribution in [1.82, 2.24) is 19.9 Å². The number of aromatic nitrogens is 4. The molecule has 0 saturated heterocycles. The smallest absolute Gasteiger partial charge is 0.160 e. The molecule has 4 nitrogen and oxygen atoms in total. The average molecular weight is 741 g/mol. The van der Waals surface area contributed by atoms with Crippen LogP contribution in [0.25, 0.3) is 101 Å². The maximum atomic E-state index is 5.06. The molecule has 0 spiro atoms. The van der Waals surface area contributed by atoms with E-state index in [1.807, 2.05) is 72.8 Å². The zero-order valence-electron chi connectivity index (χ0n) is 31.6. The van der Waals surface area contributed by atoms with Crippen LogP contribution in [0.3, 0.4) is 0 Å². The van der Waals surface area contributed by atoms with E-state index < -0.39 is 0 Å². The van der Waals surface area contributed by atoms with Gasteiger partial charge in [0.05, 0.1) is 22.8 Å². The molecule has 0 N–H and O–H groups in total. The van der Waals surface area contributed by atoms with E-state index in [0.29, 0.717) is 11.6 Å². The second-order valence-corrected chi connectivity index (χ2v) is 14.3. The molecule has 58 heavy (non-hydrogen) atoms. The molecule has 10 rings (SSSR count). The Bertz CT molecular complexity index is 2680. The fourth-order valence-corrected chi connectivity index (χ4v) is 7.60. The number of hydrogen-bond donors (Lipinski definition) is 0. The van der Waals surface area contributed by atoms with E-state index in [1.165, 1.54) is 21.9 Å². The highest BCUT2D eigenvalue weighted by atomic mass is 14.9. The van der Waals surface area contributed by atoms with E-state index >= 15 is 0 Å². The number of nitrogens with zero attached hydrogens (tertiary/aromatic N) is 4. The fourth-order valence-electron chi connectivity index (χ4n) is 7.60. The third-order valence-corrected chi connectivity index (χ3v) is 10.5. The Balaban J connectivity index is 1.01. The molecule has 272 valence electrons. The first kappa shape index (κ1) is 34.7. The molecule has 2 aromatic heterocycles. The average Bonchev–Trinajstić information content (AvgIpc) is 3.32. The monoisotopic (exact) mass is 740 g/mol. The highest BCUT2D eigenvalue weighted by Gasteiger charge is 2.15. The SMILES string of the molecule is c1ccc(-c2cc(-c3ccc(-c4cccc5cccc(-c6ccc(-c7nc(-c8ccccc8)cc(-c8ccccc8)n7)cc6)c45)cc3)nc(-c3ccccc3)n2)cc1. The fraction of sp³-hybridized carbons (Fsp3) is 0. The summed E-state index contributed by atoms with van der Waals surface area (Å²) in [4.78, 5) is 20.1. The third-order valence-electron chi connectivity index (χ3n) is 10.5. The summed E-state index contributed by atoms with van der Waals surface area (Å²) in [6.45, 7) is 0. The van der Waals surface area contributed by atoms with Crippen molar-refractivity contribution >= 4 is 10.8 Å². The van der Waals surface area contributed by atoms with E-state index in [4.69, 9.17) is 19.9 Å². The number of fused-ring (bicyclic) bond motifs is 1. The van der Waals surface area contributed by atoms with Crippen molar-refractivity contribution in [1.29, 1.82) is 0 Å². The zero-order valence-corrected chi connectivity index (χ0v) is 31.6.